The number of halogens is 3. The molecule has 0 aliphatic heterocycles. The Morgan fingerprint density at radius 3 is 2.39 bits per heavy atom. The second-order valence-electron chi connectivity index (χ2n) is 6.11. The van der Waals surface area contributed by atoms with Gasteiger partial charge in [-0.2, -0.15) is 0 Å². The highest BCUT2D eigenvalue weighted by Crippen LogP contribution is 2.31. The molecule has 0 fully saturated rings. The van der Waals surface area contributed by atoms with Crippen molar-refractivity contribution in [2.45, 2.75) is 6.54 Å². The third-order valence-corrected chi connectivity index (χ3v) is 5.20. The number of carbonyl (C=O) groups is 1. The first kappa shape index (κ1) is 18.2. The summed E-state index contributed by atoms with van der Waals surface area (Å²) in [5, 5.41) is 0.304. The fraction of sp³-hybridized carbons (Fsp3) is 0.0476. The lowest BCUT2D eigenvalue weighted by Crippen LogP contribution is -2.31. The lowest BCUT2D eigenvalue weighted by molar-refractivity contribution is 0.0981. The van der Waals surface area contributed by atoms with Gasteiger partial charge < -0.3 is 0 Å². The molecule has 3 aromatic carbocycles. The molecule has 0 aliphatic rings. The lowest BCUT2D eigenvalue weighted by Gasteiger charge is -2.20. The Hall–Kier alpha value is -3.19. The van der Waals surface area contributed by atoms with Crippen molar-refractivity contribution in [3.63, 3.8) is 0 Å². The minimum atomic E-state index is -0.949. The van der Waals surface area contributed by atoms with E-state index in [9.17, 15) is 18.0 Å². The molecule has 0 aliphatic carbocycles. The van der Waals surface area contributed by atoms with Gasteiger partial charge in [0.1, 0.15) is 17.5 Å². The van der Waals surface area contributed by atoms with Crippen LogP contribution in [0.15, 0.2) is 66.7 Å². The number of anilines is 1. The highest BCUT2D eigenvalue weighted by atomic mass is 32.1. The molecule has 0 bridgehead atoms. The molecule has 0 radical (unpaired) electrons. The molecule has 28 heavy (non-hydrogen) atoms. The minimum absolute atomic E-state index is 0.138. The second-order valence-corrected chi connectivity index (χ2v) is 7.12. The van der Waals surface area contributed by atoms with Crippen LogP contribution in [0.3, 0.4) is 0 Å². The van der Waals surface area contributed by atoms with Crippen LogP contribution in [0.5, 0.6) is 0 Å². The van der Waals surface area contributed by atoms with Gasteiger partial charge in [-0.1, -0.05) is 41.7 Å². The highest BCUT2D eigenvalue weighted by molar-refractivity contribution is 7.22. The molecule has 0 saturated carbocycles. The molecule has 0 saturated heterocycles. The molecule has 140 valence electrons. The van der Waals surface area contributed by atoms with Crippen LogP contribution in [0.25, 0.3) is 10.2 Å². The fourth-order valence-corrected chi connectivity index (χ4v) is 3.79. The van der Waals surface area contributed by atoms with Gasteiger partial charge in [-0.25, -0.2) is 18.2 Å². The first-order valence-electron chi connectivity index (χ1n) is 8.38. The Kier molecular flexibility index (Phi) is 4.83. The van der Waals surface area contributed by atoms with E-state index in [0.717, 1.165) is 29.0 Å². The number of thiazole rings is 1. The Morgan fingerprint density at radius 2 is 1.64 bits per heavy atom. The van der Waals surface area contributed by atoms with Crippen molar-refractivity contribution in [2.75, 3.05) is 4.90 Å². The van der Waals surface area contributed by atoms with Gasteiger partial charge in [-0.15, -0.1) is 0 Å². The van der Waals surface area contributed by atoms with Crippen LogP contribution in [0.4, 0.5) is 18.3 Å². The van der Waals surface area contributed by atoms with Gasteiger partial charge >= 0.3 is 0 Å². The highest BCUT2D eigenvalue weighted by Gasteiger charge is 2.24. The molecule has 7 heteroatoms. The first-order valence-corrected chi connectivity index (χ1v) is 9.20. The molecule has 0 spiro atoms. The molecule has 1 aromatic heterocycles. The average Bonchev–Trinajstić information content (AvgIpc) is 3.09. The Morgan fingerprint density at radius 1 is 0.929 bits per heavy atom. The summed E-state index contributed by atoms with van der Waals surface area (Å²) >= 11 is 1.13. The van der Waals surface area contributed by atoms with E-state index < -0.39 is 23.4 Å². The molecule has 1 heterocycles. The predicted molar refractivity (Wildman–Crippen MR) is 103 cm³/mol. The van der Waals surface area contributed by atoms with Crippen LogP contribution >= 0.6 is 11.3 Å². The summed E-state index contributed by atoms with van der Waals surface area (Å²) in [7, 11) is 0. The number of aromatic nitrogens is 1. The van der Waals surface area contributed by atoms with Gasteiger partial charge in [0.05, 0.1) is 22.3 Å². The quantitative estimate of drug-likeness (QED) is 0.451. The molecule has 0 unspecified atom stereocenters. The molecule has 4 aromatic rings. The van der Waals surface area contributed by atoms with Crippen molar-refractivity contribution >= 4 is 32.6 Å². The molecular formula is C21H13F3N2OS. The molecule has 4 rings (SSSR count). The maximum absolute atomic E-state index is 14.2. The number of fused-ring (bicyclic) bond motifs is 1. The van der Waals surface area contributed by atoms with E-state index in [1.807, 2.05) is 30.3 Å². The van der Waals surface area contributed by atoms with E-state index in [4.69, 9.17) is 0 Å². The standard InChI is InChI=1S/C21H13F3N2OS/c22-14-6-8-16(17(24)10-14)20(27)26(12-13-4-2-1-3-5-13)21-25-18-9-7-15(23)11-19(18)28-21/h1-11H,12H2. The number of hydrogen-bond acceptors (Lipinski definition) is 3. The molecular weight excluding hydrogens is 385 g/mol. The van der Waals surface area contributed by atoms with Crippen molar-refractivity contribution in [3.8, 4) is 0 Å². The normalized spacial score (nSPS) is 11.0. The third kappa shape index (κ3) is 3.61. The van der Waals surface area contributed by atoms with Crippen LogP contribution in [0.1, 0.15) is 15.9 Å². The Labute approximate surface area is 162 Å². The second kappa shape index (κ2) is 7.44. The minimum Gasteiger partial charge on any atom is -0.279 e. The van der Waals surface area contributed by atoms with E-state index in [-0.39, 0.29) is 12.1 Å². The smallest absolute Gasteiger partial charge is 0.263 e. The summed E-state index contributed by atoms with van der Waals surface area (Å²) in [6.07, 6.45) is 0. The fourth-order valence-electron chi connectivity index (χ4n) is 2.80. The largest absolute Gasteiger partial charge is 0.279 e. The summed E-state index contributed by atoms with van der Waals surface area (Å²) in [5.74, 6) is -2.77. The number of amides is 1. The maximum atomic E-state index is 14.2. The number of nitrogens with zero attached hydrogens (tertiary/aromatic N) is 2. The van der Waals surface area contributed by atoms with Crippen molar-refractivity contribution < 1.29 is 18.0 Å². The number of hydrogen-bond donors (Lipinski definition) is 0. The van der Waals surface area contributed by atoms with Crippen LogP contribution in [-0.2, 0) is 6.54 Å². The first-order chi connectivity index (χ1) is 13.5. The predicted octanol–water partition coefficient (Wildman–Crippen LogP) is 5.56. The summed E-state index contributed by atoms with van der Waals surface area (Å²) in [4.78, 5) is 18.8. The van der Waals surface area contributed by atoms with Crippen LogP contribution in [0, 0.1) is 17.5 Å². The topological polar surface area (TPSA) is 33.2 Å². The molecule has 0 N–H and O–H groups in total. The van der Waals surface area contributed by atoms with Crippen molar-refractivity contribution in [3.05, 3.63) is 95.3 Å². The van der Waals surface area contributed by atoms with Gasteiger partial charge in [0, 0.05) is 6.07 Å². The van der Waals surface area contributed by atoms with Crippen molar-refractivity contribution in [1.82, 2.24) is 4.98 Å². The van der Waals surface area contributed by atoms with Crippen molar-refractivity contribution in [1.29, 1.82) is 0 Å². The van der Waals surface area contributed by atoms with Crippen LogP contribution in [0.2, 0.25) is 0 Å². The zero-order chi connectivity index (χ0) is 19.7. The summed E-state index contributed by atoms with van der Waals surface area (Å²) < 4.78 is 41.6. The van der Waals surface area contributed by atoms with Crippen LogP contribution in [-0.4, -0.2) is 10.9 Å². The molecule has 3 nitrogen and oxygen atoms in total. The Balaban J connectivity index is 1.79. The van der Waals surface area contributed by atoms with Gasteiger partial charge in [0.15, 0.2) is 5.13 Å². The lowest BCUT2D eigenvalue weighted by atomic mass is 10.1. The number of carbonyl (C=O) groups excluding carboxylic acids is 1. The average molecular weight is 398 g/mol. The van der Waals surface area contributed by atoms with Gasteiger partial charge in [0.25, 0.3) is 5.91 Å². The summed E-state index contributed by atoms with van der Waals surface area (Å²) in [6.45, 7) is 0.138. The zero-order valence-electron chi connectivity index (χ0n) is 14.4. The molecule has 1 amide bonds. The number of benzene rings is 3. The van der Waals surface area contributed by atoms with E-state index in [2.05, 4.69) is 4.98 Å². The zero-order valence-corrected chi connectivity index (χ0v) is 15.2. The van der Waals surface area contributed by atoms with E-state index in [1.165, 1.54) is 23.1 Å². The van der Waals surface area contributed by atoms with Crippen molar-refractivity contribution in [2.24, 2.45) is 0 Å². The Bertz CT molecular complexity index is 1160. The van der Waals surface area contributed by atoms with Gasteiger partial charge in [-0.3, -0.25) is 9.69 Å². The third-order valence-electron chi connectivity index (χ3n) is 4.16. The van der Waals surface area contributed by atoms with Crippen LogP contribution < -0.4 is 4.90 Å². The summed E-state index contributed by atoms with van der Waals surface area (Å²) in [5.41, 5.74) is 1.08. The summed E-state index contributed by atoms with van der Waals surface area (Å²) in [6, 6.07) is 16.1. The van der Waals surface area contributed by atoms with E-state index in [0.29, 0.717) is 21.4 Å². The number of rotatable bonds is 4. The molecule has 0 atom stereocenters. The van der Waals surface area contributed by atoms with E-state index in [1.54, 1.807) is 0 Å². The van der Waals surface area contributed by atoms with Gasteiger partial charge in [0.2, 0.25) is 0 Å². The SMILES string of the molecule is O=C(c1ccc(F)cc1F)N(Cc1ccccc1)c1nc2ccc(F)cc2s1. The maximum Gasteiger partial charge on any atom is 0.263 e. The van der Waals surface area contributed by atoms with Gasteiger partial charge in [-0.05, 0) is 35.9 Å². The van der Waals surface area contributed by atoms with E-state index >= 15 is 0 Å². The monoisotopic (exact) mass is 398 g/mol.